The summed E-state index contributed by atoms with van der Waals surface area (Å²) in [4.78, 5) is 24.1. The molecule has 7 nitrogen and oxygen atoms in total. The highest BCUT2D eigenvalue weighted by Crippen LogP contribution is 2.21. The van der Waals surface area contributed by atoms with Crippen LogP contribution in [0.5, 0.6) is 0 Å². The first kappa shape index (κ1) is 15.7. The van der Waals surface area contributed by atoms with Gasteiger partial charge in [-0.3, -0.25) is 4.79 Å². The lowest BCUT2D eigenvalue weighted by molar-refractivity contribution is -0.165. The van der Waals surface area contributed by atoms with E-state index in [2.05, 4.69) is 9.97 Å². The number of carbonyl (C=O) groups is 1. The molecule has 2 heterocycles. The number of rotatable bonds is 4. The van der Waals surface area contributed by atoms with Gasteiger partial charge in [0.15, 0.2) is 0 Å². The molecule has 0 spiro atoms. The topological polar surface area (TPSA) is 78.8 Å². The summed E-state index contributed by atoms with van der Waals surface area (Å²) in [6, 6.07) is 1.73. The normalized spacial score (nSPS) is 21.1. The molecule has 2 rings (SSSR count). The molecule has 0 aromatic carbocycles. The molecule has 1 saturated heterocycles. The zero-order valence-corrected chi connectivity index (χ0v) is 12.7. The molecular formula is C14H22N4O3. The van der Waals surface area contributed by atoms with E-state index in [0.29, 0.717) is 19.0 Å². The van der Waals surface area contributed by atoms with E-state index in [9.17, 15) is 9.90 Å². The number of hydrogen-bond acceptors (Lipinski definition) is 6. The van der Waals surface area contributed by atoms with Crippen LogP contribution in [0, 0.1) is 0 Å². The van der Waals surface area contributed by atoms with Crippen molar-refractivity contribution in [1.82, 2.24) is 14.9 Å². The number of aliphatic hydroxyl groups is 1. The first-order chi connectivity index (χ1) is 9.91. The first-order valence-corrected chi connectivity index (χ1v) is 6.96. The van der Waals surface area contributed by atoms with Crippen LogP contribution < -0.4 is 4.90 Å². The summed E-state index contributed by atoms with van der Waals surface area (Å²) in [5, 5.41) is 9.29. The summed E-state index contributed by atoms with van der Waals surface area (Å²) >= 11 is 0. The molecule has 1 atom stereocenters. The SMILES string of the molecule is CN(CC(=O)N1CC(CO)OC(C)(C)C1)c1ncccn1. The van der Waals surface area contributed by atoms with E-state index in [1.165, 1.54) is 0 Å². The number of likely N-dealkylation sites (N-methyl/N-ethyl adjacent to an activating group) is 1. The number of nitrogens with zero attached hydrogens (tertiary/aromatic N) is 4. The van der Waals surface area contributed by atoms with Gasteiger partial charge in [0, 0.05) is 32.5 Å². The van der Waals surface area contributed by atoms with Crippen LogP contribution >= 0.6 is 0 Å². The lowest BCUT2D eigenvalue weighted by Gasteiger charge is -2.42. The molecule has 0 aliphatic carbocycles. The Morgan fingerprint density at radius 1 is 1.52 bits per heavy atom. The van der Waals surface area contributed by atoms with E-state index < -0.39 is 5.60 Å². The Morgan fingerprint density at radius 3 is 2.81 bits per heavy atom. The predicted molar refractivity (Wildman–Crippen MR) is 77.9 cm³/mol. The molecule has 0 saturated carbocycles. The number of aromatic nitrogens is 2. The van der Waals surface area contributed by atoms with Crippen molar-refractivity contribution >= 4 is 11.9 Å². The van der Waals surface area contributed by atoms with Crippen LogP contribution in [0.3, 0.4) is 0 Å². The second-order valence-electron chi connectivity index (χ2n) is 5.86. The molecular weight excluding hydrogens is 272 g/mol. The van der Waals surface area contributed by atoms with Gasteiger partial charge < -0.3 is 19.6 Å². The molecule has 0 radical (unpaired) electrons. The number of morpholine rings is 1. The van der Waals surface area contributed by atoms with E-state index in [0.717, 1.165) is 0 Å². The average Bonchev–Trinajstić information content (AvgIpc) is 2.46. The van der Waals surface area contributed by atoms with Crippen molar-refractivity contribution in [3.63, 3.8) is 0 Å². The molecule has 1 unspecified atom stereocenters. The summed E-state index contributed by atoms with van der Waals surface area (Å²) < 4.78 is 5.71. The second kappa shape index (κ2) is 6.36. The van der Waals surface area contributed by atoms with E-state index >= 15 is 0 Å². The largest absolute Gasteiger partial charge is 0.394 e. The first-order valence-electron chi connectivity index (χ1n) is 6.96. The summed E-state index contributed by atoms with van der Waals surface area (Å²) in [5.74, 6) is 0.483. The molecule has 1 aliphatic heterocycles. The summed E-state index contributed by atoms with van der Waals surface area (Å²) in [5.41, 5.74) is -0.455. The van der Waals surface area contributed by atoms with E-state index in [4.69, 9.17) is 4.74 Å². The Bertz CT molecular complexity index is 480. The Hall–Kier alpha value is -1.73. The van der Waals surface area contributed by atoms with E-state index in [-0.39, 0.29) is 25.2 Å². The number of anilines is 1. The average molecular weight is 294 g/mol. The number of amides is 1. The Balaban J connectivity index is 1.99. The zero-order valence-electron chi connectivity index (χ0n) is 12.7. The van der Waals surface area contributed by atoms with Gasteiger partial charge in [-0.1, -0.05) is 0 Å². The molecule has 1 aromatic rings. The van der Waals surface area contributed by atoms with Crippen LogP contribution in [0.4, 0.5) is 5.95 Å². The highest BCUT2D eigenvalue weighted by atomic mass is 16.5. The Morgan fingerprint density at radius 2 is 2.19 bits per heavy atom. The monoisotopic (exact) mass is 294 g/mol. The molecule has 1 aliphatic rings. The molecule has 21 heavy (non-hydrogen) atoms. The van der Waals surface area contributed by atoms with Crippen molar-refractivity contribution in [3.05, 3.63) is 18.5 Å². The molecule has 1 N–H and O–H groups in total. The van der Waals surface area contributed by atoms with Crippen LogP contribution in [-0.2, 0) is 9.53 Å². The maximum absolute atomic E-state index is 12.4. The maximum Gasteiger partial charge on any atom is 0.242 e. The fourth-order valence-corrected chi connectivity index (χ4v) is 2.44. The number of hydrogen-bond donors (Lipinski definition) is 1. The molecule has 7 heteroatoms. The Labute approximate surface area is 124 Å². The number of aliphatic hydroxyl groups excluding tert-OH is 1. The minimum absolute atomic E-state index is 0.0280. The number of carbonyl (C=O) groups excluding carboxylic acids is 1. The van der Waals surface area contributed by atoms with Gasteiger partial charge in [0.1, 0.15) is 0 Å². The highest BCUT2D eigenvalue weighted by Gasteiger charge is 2.35. The van der Waals surface area contributed by atoms with Crippen molar-refractivity contribution < 1.29 is 14.6 Å². The van der Waals surface area contributed by atoms with Crippen molar-refractivity contribution in [2.45, 2.75) is 25.6 Å². The standard InChI is InChI=1S/C14H22N4O3/c1-14(2)10-18(7-11(9-19)21-14)12(20)8-17(3)13-15-5-4-6-16-13/h4-6,11,19H,7-10H2,1-3H3. The third-order valence-corrected chi connectivity index (χ3v) is 3.30. The lowest BCUT2D eigenvalue weighted by Crippen LogP contribution is -2.57. The fraction of sp³-hybridized carbons (Fsp3) is 0.643. The molecule has 1 fully saturated rings. The predicted octanol–water partition coefficient (Wildman–Crippen LogP) is -0.0889. The second-order valence-corrected chi connectivity index (χ2v) is 5.86. The van der Waals surface area contributed by atoms with Crippen molar-refractivity contribution in [1.29, 1.82) is 0 Å². The van der Waals surface area contributed by atoms with E-state index in [1.807, 2.05) is 13.8 Å². The third-order valence-electron chi connectivity index (χ3n) is 3.30. The van der Waals surface area contributed by atoms with Crippen LogP contribution in [0.15, 0.2) is 18.5 Å². The molecule has 0 bridgehead atoms. The molecule has 1 amide bonds. The van der Waals surface area contributed by atoms with Gasteiger partial charge in [0.2, 0.25) is 11.9 Å². The third kappa shape index (κ3) is 4.12. The fourth-order valence-electron chi connectivity index (χ4n) is 2.44. The molecule has 1 aromatic heterocycles. The van der Waals surface area contributed by atoms with Gasteiger partial charge in [-0.15, -0.1) is 0 Å². The smallest absolute Gasteiger partial charge is 0.242 e. The maximum atomic E-state index is 12.4. The van der Waals surface area contributed by atoms with Gasteiger partial charge in [0.25, 0.3) is 0 Å². The van der Waals surface area contributed by atoms with Gasteiger partial charge in [0.05, 0.1) is 24.9 Å². The summed E-state index contributed by atoms with van der Waals surface area (Å²) in [6.45, 7) is 4.84. The minimum atomic E-state index is -0.455. The van der Waals surface area contributed by atoms with Crippen LogP contribution in [-0.4, -0.2) is 70.9 Å². The number of ether oxygens (including phenoxy) is 1. The van der Waals surface area contributed by atoms with Crippen LogP contribution in [0.2, 0.25) is 0 Å². The molecule has 116 valence electrons. The van der Waals surface area contributed by atoms with Gasteiger partial charge >= 0.3 is 0 Å². The van der Waals surface area contributed by atoms with Gasteiger partial charge in [-0.05, 0) is 19.9 Å². The Kier molecular flexibility index (Phi) is 4.74. The summed E-state index contributed by atoms with van der Waals surface area (Å²) in [6.07, 6.45) is 2.95. The van der Waals surface area contributed by atoms with Gasteiger partial charge in [-0.2, -0.15) is 0 Å². The van der Waals surface area contributed by atoms with Crippen LogP contribution in [0.25, 0.3) is 0 Å². The van der Waals surface area contributed by atoms with E-state index in [1.54, 1.807) is 35.3 Å². The van der Waals surface area contributed by atoms with Crippen molar-refractivity contribution in [2.75, 3.05) is 38.2 Å². The lowest BCUT2D eigenvalue weighted by atomic mass is 10.1. The van der Waals surface area contributed by atoms with Crippen molar-refractivity contribution in [2.24, 2.45) is 0 Å². The quantitative estimate of drug-likeness (QED) is 0.836. The zero-order chi connectivity index (χ0) is 15.5. The summed E-state index contributed by atoms with van der Waals surface area (Å²) in [7, 11) is 1.78. The van der Waals surface area contributed by atoms with Crippen molar-refractivity contribution in [3.8, 4) is 0 Å². The van der Waals surface area contributed by atoms with Gasteiger partial charge in [-0.25, -0.2) is 9.97 Å². The minimum Gasteiger partial charge on any atom is -0.394 e. The van der Waals surface area contributed by atoms with Crippen LogP contribution in [0.1, 0.15) is 13.8 Å². The highest BCUT2D eigenvalue weighted by molar-refractivity contribution is 5.81.